The van der Waals surface area contributed by atoms with Crippen LogP contribution in [-0.4, -0.2) is 11.7 Å². The zero-order chi connectivity index (χ0) is 24.9. The average molecular weight is 462 g/mol. The molecule has 0 aliphatic rings. The topological polar surface area (TPSA) is 15.4 Å². The smallest absolute Gasteiger partial charge is 0.0909 e. The Bertz CT molecular complexity index is 936. The number of aryl methyl sites for hydroxylation is 4. The molecule has 2 nitrogen and oxygen atoms in total. The quantitative estimate of drug-likeness (QED) is 0.151. The molecule has 0 aliphatic heterocycles. The number of rotatable bonds is 14. The lowest BCUT2D eigenvalue weighted by atomic mass is 9.94. The molecule has 0 spiro atoms. The van der Waals surface area contributed by atoms with Crippen molar-refractivity contribution in [2.24, 2.45) is 5.11 Å². The predicted octanol–water partition coefficient (Wildman–Crippen LogP) is 9.90. The highest BCUT2D eigenvalue weighted by molar-refractivity contribution is 5.53. The molecule has 2 rings (SSSR count). The molecule has 0 atom stereocenters. The molecule has 0 fully saturated rings. The summed E-state index contributed by atoms with van der Waals surface area (Å²) >= 11 is 0. The molecule has 0 bridgehead atoms. The minimum atomic E-state index is 1.08. The van der Waals surface area contributed by atoms with Crippen LogP contribution in [-0.2, 0) is 19.3 Å². The number of benzene rings is 2. The summed E-state index contributed by atoms with van der Waals surface area (Å²) in [5, 5.41) is 5.01. The van der Waals surface area contributed by atoms with Gasteiger partial charge in [-0.05, 0) is 97.4 Å². The highest BCUT2D eigenvalue weighted by atomic mass is 15.2. The SMILES string of the molecule is CCCCCCc1cc(C)cc(C=C(C)[N+](C)=Nc2cc(CCCC)c(C)c(CCCC)c2)c1. The third-order valence-electron chi connectivity index (χ3n) is 6.84. The van der Waals surface area contributed by atoms with Gasteiger partial charge in [0.15, 0.2) is 7.05 Å². The largest absolute Gasteiger partial charge is 0.205 e. The lowest BCUT2D eigenvalue weighted by Gasteiger charge is -2.12. The van der Waals surface area contributed by atoms with Gasteiger partial charge in [0, 0.05) is 13.0 Å². The molecule has 0 aromatic heterocycles. The van der Waals surface area contributed by atoms with Crippen LogP contribution in [0.1, 0.15) is 112 Å². The van der Waals surface area contributed by atoms with Gasteiger partial charge in [0.25, 0.3) is 0 Å². The fraction of sp³-hybridized carbons (Fsp3) is 0.562. The fourth-order valence-electron chi connectivity index (χ4n) is 4.60. The van der Waals surface area contributed by atoms with Crippen molar-refractivity contribution in [3.63, 3.8) is 0 Å². The molecule has 2 aromatic carbocycles. The number of nitrogens with zero attached hydrogens (tertiary/aromatic N) is 2. The first-order valence-corrected chi connectivity index (χ1v) is 13.7. The molecular weight excluding hydrogens is 412 g/mol. The number of unbranched alkanes of at least 4 members (excludes halogenated alkanes) is 5. The van der Waals surface area contributed by atoms with Gasteiger partial charge in [0.05, 0.1) is 0 Å². The normalized spacial score (nSPS) is 12.4. The van der Waals surface area contributed by atoms with Gasteiger partial charge in [0.2, 0.25) is 5.70 Å². The Morgan fingerprint density at radius 2 is 1.38 bits per heavy atom. The highest BCUT2D eigenvalue weighted by Crippen LogP contribution is 2.26. The van der Waals surface area contributed by atoms with Crippen molar-refractivity contribution in [1.29, 1.82) is 0 Å². The van der Waals surface area contributed by atoms with Crippen molar-refractivity contribution in [1.82, 2.24) is 0 Å². The molecule has 186 valence electrons. The minimum absolute atomic E-state index is 1.08. The molecular formula is C32H49N2+. The van der Waals surface area contributed by atoms with Crippen LogP contribution in [0.5, 0.6) is 0 Å². The second kappa shape index (κ2) is 14.9. The van der Waals surface area contributed by atoms with Crippen LogP contribution >= 0.6 is 0 Å². The predicted molar refractivity (Wildman–Crippen MR) is 149 cm³/mol. The van der Waals surface area contributed by atoms with E-state index in [0.717, 1.165) is 24.2 Å². The molecule has 0 heterocycles. The molecule has 0 unspecified atom stereocenters. The summed E-state index contributed by atoms with van der Waals surface area (Å²) in [6.07, 6.45) is 15.9. The minimum Gasteiger partial charge on any atom is -0.0909 e. The van der Waals surface area contributed by atoms with Crippen molar-refractivity contribution in [2.75, 3.05) is 7.05 Å². The van der Waals surface area contributed by atoms with Gasteiger partial charge in [-0.2, -0.15) is 0 Å². The molecule has 34 heavy (non-hydrogen) atoms. The van der Waals surface area contributed by atoms with Crippen LogP contribution in [0.2, 0.25) is 0 Å². The van der Waals surface area contributed by atoms with E-state index in [2.05, 4.69) is 85.0 Å². The Kier molecular flexibility index (Phi) is 12.3. The van der Waals surface area contributed by atoms with Gasteiger partial charge in [-0.25, -0.2) is 0 Å². The van der Waals surface area contributed by atoms with Crippen molar-refractivity contribution in [3.05, 3.63) is 69.4 Å². The summed E-state index contributed by atoms with van der Waals surface area (Å²) in [5.41, 5.74) is 10.7. The monoisotopic (exact) mass is 461 g/mol. The van der Waals surface area contributed by atoms with E-state index in [1.807, 2.05) is 4.70 Å². The Morgan fingerprint density at radius 1 is 0.765 bits per heavy atom. The van der Waals surface area contributed by atoms with E-state index >= 15 is 0 Å². The van der Waals surface area contributed by atoms with E-state index in [1.165, 1.54) is 91.2 Å². The standard InChI is InChI=1S/C32H49N2/c1-8-11-14-15-16-28-19-25(4)20-29(22-28)21-26(5)34(7)33-32-23-30(17-12-9-2)27(6)31(24-32)18-13-10-3/h19-24H,8-18H2,1-7H3/q+1. The van der Waals surface area contributed by atoms with Gasteiger partial charge < -0.3 is 0 Å². The summed E-state index contributed by atoms with van der Waals surface area (Å²) in [6.45, 7) is 13.5. The van der Waals surface area contributed by atoms with Gasteiger partial charge in [-0.15, -0.1) is 0 Å². The molecule has 2 heteroatoms. The molecule has 0 saturated heterocycles. The lowest BCUT2D eigenvalue weighted by molar-refractivity contribution is -0.510. The Morgan fingerprint density at radius 3 is 1.97 bits per heavy atom. The number of hydrogen-bond donors (Lipinski definition) is 0. The number of azo groups is 2. The van der Waals surface area contributed by atoms with Crippen molar-refractivity contribution >= 4 is 11.8 Å². The van der Waals surface area contributed by atoms with Crippen LogP contribution in [0.3, 0.4) is 0 Å². The third kappa shape index (κ3) is 9.20. The molecule has 2 aromatic rings. The van der Waals surface area contributed by atoms with E-state index in [0.29, 0.717) is 0 Å². The summed E-state index contributed by atoms with van der Waals surface area (Å²) < 4.78 is 2.04. The van der Waals surface area contributed by atoms with Gasteiger partial charge in [-0.1, -0.05) is 81.3 Å². The summed E-state index contributed by atoms with van der Waals surface area (Å²) in [4.78, 5) is 0. The van der Waals surface area contributed by atoms with Crippen LogP contribution < -0.4 is 0 Å². The van der Waals surface area contributed by atoms with Crippen LogP contribution in [0, 0.1) is 13.8 Å². The molecule has 0 amide bonds. The zero-order valence-electron chi connectivity index (χ0n) is 23.1. The van der Waals surface area contributed by atoms with Crippen LogP contribution in [0.15, 0.2) is 41.1 Å². The van der Waals surface area contributed by atoms with Crippen molar-refractivity contribution < 1.29 is 4.70 Å². The highest BCUT2D eigenvalue weighted by Gasteiger charge is 2.11. The summed E-state index contributed by atoms with van der Waals surface area (Å²) in [7, 11) is 2.07. The van der Waals surface area contributed by atoms with Gasteiger partial charge in [0.1, 0.15) is 5.69 Å². The Balaban J connectivity index is 2.28. The first-order chi connectivity index (χ1) is 16.4. The lowest BCUT2D eigenvalue weighted by Crippen LogP contribution is -2.01. The van der Waals surface area contributed by atoms with Crippen LogP contribution in [0.4, 0.5) is 5.69 Å². The molecule has 0 radical (unpaired) electrons. The second-order valence-electron chi connectivity index (χ2n) is 10.1. The third-order valence-corrected chi connectivity index (χ3v) is 6.84. The fourth-order valence-corrected chi connectivity index (χ4v) is 4.60. The van der Waals surface area contributed by atoms with Crippen molar-refractivity contribution in [2.45, 2.75) is 112 Å². The zero-order valence-corrected chi connectivity index (χ0v) is 23.1. The van der Waals surface area contributed by atoms with Gasteiger partial charge in [-0.3, -0.25) is 0 Å². The maximum atomic E-state index is 5.01. The van der Waals surface area contributed by atoms with E-state index in [9.17, 15) is 0 Å². The molecule has 0 aliphatic carbocycles. The van der Waals surface area contributed by atoms with E-state index < -0.39 is 0 Å². The van der Waals surface area contributed by atoms with Crippen LogP contribution in [0.25, 0.3) is 6.08 Å². The average Bonchev–Trinajstić information content (AvgIpc) is 2.80. The van der Waals surface area contributed by atoms with E-state index in [-0.39, 0.29) is 0 Å². The maximum absolute atomic E-state index is 5.01. The van der Waals surface area contributed by atoms with Gasteiger partial charge >= 0.3 is 0 Å². The second-order valence-corrected chi connectivity index (χ2v) is 10.1. The first kappa shape index (κ1) is 28.0. The maximum Gasteiger partial charge on any atom is 0.205 e. The first-order valence-electron chi connectivity index (χ1n) is 13.7. The van der Waals surface area contributed by atoms with E-state index in [1.54, 1.807) is 0 Å². The Hall–Kier alpha value is -2.22. The molecule has 0 saturated carbocycles. The number of allylic oxidation sites excluding steroid dienone is 1. The van der Waals surface area contributed by atoms with E-state index in [4.69, 9.17) is 5.11 Å². The summed E-state index contributed by atoms with van der Waals surface area (Å²) in [6, 6.07) is 11.6. The van der Waals surface area contributed by atoms with Crippen molar-refractivity contribution in [3.8, 4) is 0 Å². The molecule has 0 N–H and O–H groups in total. The number of hydrogen-bond acceptors (Lipinski definition) is 1. The summed E-state index contributed by atoms with van der Waals surface area (Å²) in [5.74, 6) is 0. The Labute approximate surface area is 210 Å².